The van der Waals surface area contributed by atoms with Gasteiger partial charge in [0, 0.05) is 16.9 Å². The highest BCUT2D eigenvalue weighted by molar-refractivity contribution is 7.15. The molecular formula is C19H19NOS. The van der Waals surface area contributed by atoms with Crippen molar-refractivity contribution in [2.24, 2.45) is 0 Å². The lowest BCUT2D eigenvalue weighted by Crippen LogP contribution is -2.02. The van der Waals surface area contributed by atoms with Crippen molar-refractivity contribution in [1.29, 1.82) is 0 Å². The Labute approximate surface area is 135 Å². The molecule has 2 aromatic carbocycles. The van der Waals surface area contributed by atoms with Gasteiger partial charge in [0.15, 0.2) is 0 Å². The molecule has 0 aliphatic heterocycles. The molecule has 1 heterocycles. The molecule has 3 heteroatoms. The number of hydrogen-bond acceptors (Lipinski definition) is 3. The fourth-order valence-corrected chi connectivity index (χ4v) is 3.23. The smallest absolute Gasteiger partial charge is 0.123 e. The minimum absolute atomic E-state index is 0.655. The van der Waals surface area contributed by atoms with Gasteiger partial charge in [-0.2, -0.15) is 0 Å². The maximum Gasteiger partial charge on any atom is 0.123 e. The Morgan fingerprint density at radius 2 is 1.68 bits per heavy atom. The van der Waals surface area contributed by atoms with Crippen LogP contribution < -0.4 is 4.74 Å². The van der Waals surface area contributed by atoms with E-state index in [9.17, 15) is 0 Å². The summed E-state index contributed by atoms with van der Waals surface area (Å²) >= 11 is 1.75. The summed E-state index contributed by atoms with van der Waals surface area (Å²) in [4.78, 5) is 6.03. The van der Waals surface area contributed by atoms with E-state index in [0.717, 1.165) is 22.9 Å². The van der Waals surface area contributed by atoms with Gasteiger partial charge in [-0.25, -0.2) is 4.98 Å². The van der Waals surface area contributed by atoms with Crippen LogP contribution in [0.15, 0.2) is 54.6 Å². The van der Waals surface area contributed by atoms with Gasteiger partial charge >= 0.3 is 0 Å². The van der Waals surface area contributed by atoms with Gasteiger partial charge in [-0.15, -0.1) is 11.3 Å². The molecule has 0 aliphatic rings. The van der Waals surface area contributed by atoms with Crippen molar-refractivity contribution in [1.82, 2.24) is 4.98 Å². The Bertz CT molecular complexity index is 732. The van der Waals surface area contributed by atoms with Crippen LogP contribution in [-0.4, -0.2) is 11.6 Å². The quantitative estimate of drug-likeness (QED) is 0.658. The average Bonchev–Trinajstić information content (AvgIpc) is 2.91. The van der Waals surface area contributed by atoms with Crippen LogP contribution >= 0.6 is 11.3 Å². The van der Waals surface area contributed by atoms with Crippen LogP contribution in [0, 0.1) is 13.8 Å². The maximum atomic E-state index is 5.80. The van der Waals surface area contributed by atoms with E-state index in [1.54, 1.807) is 11.3 Å². The van der Waals surface area contributed by atoms with Crippen LogP contribution in [0.2, 0.25) is 0 Å². The first kappa shape index (κ1) is 14.8. The summed E-state index contributed by atoms with van der Waals surface area (Å²) in [6, 6.07) is 18.5. The molecule has 112 valence electrons. The predicted octanol–water partition coefficient (Wildman–Crippen LogP) is 5.05. The second kappa shape index (κ2) is 6.75. The van der Waals surface area contributed by atoms with E-state index in [2.05, 4.69) is 38.1 Å². The number of thiazole rings is 1. The van der Waals surface area contributed by atoms with E-state index >= 15 is 0 Å². The third-order valence-corrected chi connectivity index (χ3v) is 4.60. The van der Waals surface area contributed by atoms with Gasteiger partial charge in [0.1, 0.15) is 10.8 Å². The normalized spacial score (nSPS) is 10.6. The number of rotatable bonds is 5. The van der Waals surface area contributed by atoms with Crippen LogP contribution in [0.1, 0.15) is 16.1 Å². The largest absolute Gasteiger partial charge is 0.493 e. The number of ether oxygens (including phenoxy) is 1. The van der Waals surface area contributed by atoms with Gasteiger partial charge in [0.25, 0.3) is 0 Å². The van der Waals surface area contributed by atoms with Gasteiger partial charge in [0.2, 0.25) is 0 Å². The molecule has 0 saturated carbocycles. The van der Waals surface area contributed by atoms with Gasteiger partial charge in [-0.05, 0) is 26.0 Å². The fourth-order valence-electron chi connectivity index (χ4n) is 2.26. The van der Waals surface area contributed by atoms with Gasteiger partial charge < -0.3 is 4.74 Å². The molecule has 22 heavy (non-hydrogen) atoms. The van der Waals surface area contributed by atoms with Crippen molar-refractivity contribution in [2.75, 3.05) is 6.61 Å². The lowest BCUT2D eigenvalue weighted by Gasteiger charge is -2.05. The molecule has 0 N–H and O–H groups in total. The van der Waals surface area contributed by atoms with Crippen molar-refractivity contribution in [3.8, 4) is 16.3 Å². The topological polar surface area (TPSA) is 22.1 Å². The zero-order valence-corrected chi connectivity index (χ0v) is 13.7. The molecule has 0 unspecified atom stereocenters. The van der Waals surface area contributed by atoms with Crippen LogP contribution in [0.3, 0.4) is 0 Å². The van der Waals surface area contributed by atoms with Gasteiger partial charge in [-0.1, -0.05) is 48.0 Å². The molecule has 0 atom stereocenters. The Morgan fingerprint density at radius 3 is 2.41 bits per heavy atom. The summed E-state index contributed by atoms with van der Waals surface area (Å²) in [7, 11) is 0. The molecule has 0 fully saturated rings. The first-order chi connectivity index (χ1) is 10.7. The molecule has 1 aromatic heterocycles. The first-order valence-corrected chi connectivity index (χ1v) is 8.25. The Balaban J connectivity index is 1.63. The molecule has 0 bridgehead atoms. The summed E-state index contributed by atoms with van der Waals surface area (Å²) in [6.45, 7) is 4.86. The van der Waals surface area contributed by atoms with Crippen molar-refractivity contribution in [2.45, 2.75) is 20.3 Å². The monoisotopic (exact) mass is 309 g/mol. The van der Waals surface area contributed by atoms with E-state index in [-0.39, 0.29) is 0 Å². The minimum atomic E-state index is 0.655. The van der Waals surface area contributed by atoms with Crippen molar-refractivity contribution in [3.05, 3.63) is 70.7 Å². The molecule has 0 radical (unpaired) electrons. The second-order valence-corrected chi connectivity index (χ2v) is 6.50. The summed E-state index contributed by atoms with van der Waals surface area (Å²) in [5.74, 6) is 0.918. The summed E-state index contributed by atoms with van der Waals surface area (Å²) in [5, 5.41) is 1.09. The molecule has 2 nitrogen and oxygen atoms in total. The SMILES string of the molecule is Cc1ccc(OCCc2nc(-c3ccccc3)sc2C)cc1. The number of aryl methyl sites for hydroxylation is 2. The second-order valence-electron chi connectivity index (χ2n) is 5.30. The van der Waals surface area contributed by atoms with Crippen LogP contribution in [0.5, 0.6) is 5.75 Å². The third kappa shape index (κ3) is 3.55. The number of nitrogens with zero attached hydrogens (tertiary/aromatic N) is 1. The van der Waals surface area contributed by atoms with Crippen LogP contribution in [0.25, 0.3) is 10.6 Å². The lowest BCUT2D eigenvalue weighted by molar-refractivity contribution is 0.320. The van der Waals surface area contributed by atoms with Gasteiger partial charge in [-0.3, -0.25) is 0 Å². The highest BCUT2D eigenvalue weighted by atomic mass is 32.1. The van der Waals surface area contributed by atoms with Crippen molar-refractivity contribution < 1.29 is 4.74 Å². The fraction of sp³-hybridized carbons (Fsp3) is 0.211. The van der Waals surface area contributed by atoms with Crippen molar-refractivity contribution >= 4 is 11.3 Å². The molecule has 0 aliphatic carbocycles. The molecular weight excluding hydrogens is 290 g/mol. The summed E-state index contributed by atoms with van der Waals surface area (Å²) in [6.07, 6.45) is 0.836. The summed E-state index contributed by atoms with van der Waals surface area (Å²) < 4.78 is 5.80. The van der Waals surface area contributed by atoms with Crippen molar-refractivity contribution in [3.63, 3.8) is 0 Å². The zero-order chi connectivity index (χ0) is 15.4. The zero-order valence-electron chi connectivity index (χ0n) is 12.9. The van der Waals surface area contributed by atoms with Gasteiger partial charge in [0.05, 0.1) is 12.3 Å². The number of hydrogen-bond donors (Lipinski definition) is 0. The Hall–Kier alpha value is -2.13. The maximum absolute atomic E-state index is 5.80. The molecule has 3 rings (SSSR count). The number of benzene rings is 2. The standard InChI is InChI=1S/C19H19NOS/c1-14-8-10-17(11-9-14)21-13-12-18-15(2)22-19(20-18)16-6-4-3-5-7-16/h3-11H,12-13H2,1-2H3. The van der Waals surface area contributed by atoms with Crippen LogP contribution in [0.4, 0.5) is 0 Å². The first-order valence-electron chi connectivity index (χ1n) is 7.43. The molecule has 0 amide bonds. The Morgan fingerprint density at radius 1 is 0.955 bits per heavy atom. The average molecular weight is 309 g/mol. The highest BCUT2D eigenvalue weighted by Gasteiger charge is 2.09. The molecule has 0 saturated heterocycles. The van der Waals surface area contributed by atoms with E-state index < -0.39 is 0 Å². The third-order valence-electron chi connectivity index (χ3n) is 3.54. The van der Waals surface area contributed by atoms with E-state index in [1.165, 1.54) is 16.0 Å². The van der Waals surface area contributed by atoms with Crippen LogP contribution in [-0.2, 0) is 6.42 Å². The minimum Gasteiger partial charge on any atom is -0.493 e. The lowest BCUT2D eigenvalue weighted by atomic mass is 10.2. The number of aromatic nitrogens is 1. The Kier molecular flexibility index (Phi) is 4.54. The van der Waals surface area contributed by atoms with E-state index in [4.69, 9.17) is 9.72 Å². The molecule has 0 spiro atoms. The highest BCUT2D eigenvalue weighted by Crippen LogP contribution is 2.27. The van der Waals surface area contributed by atoms with E-state index in [1.807, 2.05) is 30.3 Å². The van der Waals surface area contributed by atoms with E-state index in [0.29, 0.717) is 6.61 Å². The summed E-state index contributed by atoms with van der Waals surface area (Å²) in [5.41, 5.74) is 3.56. The molecule has 3 aromatic rings. The predicted molar refractivity (Wildman–Crippen MR) is 92.7 cm³/mol.